The van der Waals surface area contributed by atoms with E-state index in [-0.39, 0.29) is 29.4 Å². The van der Waals surface area contributed by atoms with Gasteiger partial charge in [-0.3, -0.25) is 9.59 Å². The quantitative estimate of drug-likeness (QED) is 0.733. The van der Waals surface area contributed by atoms with Crippen LogP contribution in [0.3, 0.4) is 0 Å². The van der Waals surface area contributed by atoms with Gasteiger partial charge in [-0.1, -0.05) is 12.1 Å². The van der Waals surface area contributed by atoms with Crippen molar-refractivity contribution in [1.29, 1.82) is 0 Å². The summed E-state index contributed by atoms with van der Waals surface area (Å²) in [5.41, 5.74) is 1.82. The molecule has 1 aromatic rings. The maximum atomic E-state index is 12.3. The highest BCUT2D eigenvalue weighted by Gasteiger charge is 2.28. The molecule has 0 unspecified atom stereocenters. The second-order valence-corrected chi connectivity index (χ2v) is 9.83. The molecule has 0 aromatic heterocycles. The molecular formula is C18H27N3O4S2. The molecule has 0 bridgehead atoms. The highest BCUT2D eigenvalue weighted by molar-refractivity contribution is 8.00. The Kier molecular flexibility index (Phi) is 7.69. The third kappa shape index (κ3) is 6.82. The Labute approximate surface area is 165 Å². The van der Waals surface area contributed by atoms with E-state index < -0.39 is 10.0 Å². The van der Waals surface area contributed by atoms with E-state index in [2.05, 4.69) is 5.32 Å². The molecule has 1 saturated heterocycles. The topological polar surface area (TPSA) is 86.8 Å². The fourth-order valence-corrected chi connectivity index (χ4v) is 4.46. The van der Waals surface area contributed by atoms with Crippen LogP contribution in [0, 0.1) is 6.92 Å². The number of rotatable bonds is 7. The van der Waals surface area contributed by atoms with Crippen LogP contribution >= 0.6 is 11.8 Å². The summed E-state index contributed by atoms with van der Waals surface area (Å²) in [7, 11) is -1.63. The molecule has 2 amide bonds. The number of piperidine rings is 1. The van der Waals surface area contributed by atoms with Crippen molar-refractivity contribution < 1.29 is 18.0 Å². The van der Waals surface area contributed by atoms with Crippen LogP contribution in [-0.2, 0) is 19.6 Å². The number of carbonyl (C=O) groups excluding carboxylic acids is 2. The molecule has 2 rings (SSSR count). The van der Waals surface area contributed by atoms with Crippen molar-refractivity contribution in [1.82, 2.24) is 9.21 Å². The second kappa shape index (κ2) is 9.57. The molecule has 27 heavy (non-hydrogen) atoms. The number of benzene rings is 1. The first-order chi connectivity index (χ1) is 12.7. The Hall–Kier alpha value is -1.58. The molecule has 1 aromatic carbocycles. The Morgan fingerprint density at radius 2 is 1.93 bits per heavy atom. The lowest BCUT2D eigenvalue weighted by atomic mass is 10.1. The van der Waals surface area contributed by atoms with Crippen molar-refractivity contribution in [2.75, 3.05) is 43.2 Å². The molecule has 0 radical (unpaired) electrons. The van der Waals surface area contributed by atoms with Crippen molar-refractivity contribution in [3.63, 3.8) is 0 Å². The molecule has 0 aliphatic carbocycles. The van der Waals surface area contributed by atoms with E-state index in [1.807, 2.05) is 31.2 Å². The number of amides is 2. The van der Waals surface area contributed by atoms with E-state index in [1.54, 1.807) is 11.9 Å². The zero-order chi connectivity index (χ0) is 20.0. The normalized spacial score (nSPS) is 15.8. The molecule has 1 aliphatic heterocycles. The van der Waals surface area contributed by atoms with Gasteiger partial charge in [0.1, 0.15) is 0 Å². The molecule has 1 fully saturated rings. The Bertz CT molecular complexity index is 775. The molecule has 7 nitrogen and oxygen atoms in total. The summed E-state index contributed by atoms with van der Waals surface area (Å²) < 4.78 is 24.6. The molecule has 1 aliphatic rings. The number of sulfonamides is 1. The first-order valence-corrected chi connectivity index (χ1v) is 11.8. The van der Waals surface area contributed by atoms with Crippen LogP contribution in [0.2, 0.25) is 0 Å². The zero-order valence-corrected chi connectivity index (χ0v) is 17.6. The number of likely N-dealkylation sites (tertiary alicyclic amines) is 1. The molecule has 0 spiro atoms. The van der Waals surface area contributed by atoms with Crippen molar-refractivity contribution >= 4 is 39.3 Å². The van der Waals surface area contributed by atoms with Gasteiger partial charge in [0.15, 0.2) is 0 Å². The minimum absolute atomic E-state index is 0.0104. The van der Waals surface area contributed by atoms with E-state index >= 15 is 0 Å². The lowest BCUT2D eigenvalue weighted by molar-refractivity contribution is -0.129. The summed E-state index contributed by atoms with van der Waals surface area (Å²) in [6, 6.07) is 7.51. The van der Waals surface area contributed by atoms with Gasteiger partial charge >= 0.3 is 0 Å². The van der Waals surface area contributed by atoms with Gasteiger partial charge in [-0.2, -0.15) is 0 Å². The van der Waals surface area contributed by atoms with Crippen LogP contribution in [0.5, 0.6) is 0 Å². The SMILES string of the molecule is Cc1cccc(NC(=O)CSCC(=O)N2CCC(N(C)S(C)(=O)=O)CC2)c1. The van der Waals surface area contributed by atoms with Crippen LogP contribution in [0.1, 0.15) is 18.4 Å². The number of nitrogens with one attached hydrogen (secondary N) is 1. The number of thioether (sulfide) groups is 1. The maximum Gasteiger partial charge on any atom is 0.234 e. The Morgan fingerprint density at radius 3 is 2.52 bits per heavy atom. The van der Waals surface area contributed by atoms with Crippen molar-refractivity contribution in [2.24, 2.45) is 0 Å². The fourth-order valence-electron chi connectivity index (χ4n) is 2.99. The summed E-state index contributed by atoms with van der Waals surface area (Å²) >= 11 is 1.29. The molecule has 0 atom stereocenters. The molecule has 150 valence electrons. The van der Waals surface area contributed by atoms with E-state index in [0.717, 1.165) is 11.3 Å². The average Bonchev–Trinajstić information content (AvgIpc) is 2.60. The highest BCUT2D eigenvalue weighted by atomic mass is 32.2. The number of aryl methyl sites for hydroxylation is 1. The predicted molar refractivity (Wildman–Crippen MR) is 109 cm³/mol. The first-order valence-electron chi connectivity index (χ1n) is 8.82. The number of hydrogen-bond acceptors (Lipinski definition) is 5. The summed E-state index contributed by atoms with van der Waals surface area (Å²) in [5, 5.41) is 2.82. The van der Waals surface area contributed by atoms with Gasteiger partial charge in [-0.15, -0.1) is 11.8 Å². The average molecular weight is 414 g/mol. The van der Waals surface area contributed by atoms with Gasteiger partial charge in [-0.25, -0.2) is 12.7 Å². The Balaban J connectivity index is 1.70. The molecule has 1 heterocycles. The lowest BCUT2D eigenvalue weighted by Gasteiger charge is -2.35. The van der Waals surface area contributed by atoms with Gasteiger partial charge in [0.2, 0.25) is 21.8 Å². The van der Waals surface area contributed by atoms with Crippen LogP contribution in [0.4, 0.5) is 5.69 Å². The molecular weight excluding hydrogens is 386 g/mol. The smallest absolute Gasteiger partial charge is 0.234 e. The summed E-state index contributed by atoms with van der Waals surface area (Å²) in [6.45, 7) is 3.04. The van der Waals surface area contributed by atoms with Crippen LogP contribution in [0.25, 0.3) is 0 Å². The number of hydrogen-bond donors (Lipinski definition) is 1. The van der Waals surface area contributed by atoms with Crippen molar-refractivity contribution in [3.05, 3.63) is 29.8 Å². The van der Waals surface area contributed by atoms with Crippen LogP contribution in [0.15, 0.2) is 24.3 Å². The summed E-state index contributed by atoms with van der Waals surface area (Å²) in [4.78, 5) is 26.0. The van der Waals surface area contributed by atoms with E-state index in [1.165, 1.54) is 22.3 Å². The summed E-state index contributed by atoms with van der Waals surface area (Å²) in [5.74, 6) is 0.316. The zero-order valence-electron chi connectivity index (χ0n) is 16.0. The number of anilines is 1. The van der Waals surface area contributed by atoms with Gasteiger partial charge in [0.25, 0.3) is 0 Å². The standard InChI is InChI=1S/C18H27N3O4S2/c1-14-5-4-6-15(11-14)19-17(22)12-26-13-18(23)21-9-7-16(8-10-21)20(2)27(3,24)25/h4-6,11,16H,7-10,12-13H2,1-3H3,(H,19,22). The van der Waals surface area contributed by atoms with E-state index in [0.29, 0.717) is 25.9 Å². The van der Waals surface area contributed by atoms with Crippen molar-refractivity contribution in [2.45, 2.75) is 25.8 Å². The fraction of sp³-hybridized carbons (Fsp3) is 0.556. The third-order valence-electron chi connectivity index (χ3n) is 4.62. The van der Waals surface area contributed by atoms with Gasteiger partial charge < -0.3 is 10.2 Å². The van der Waals surface area contributed by atoms with E-state index in [4.69, 9.17) is 0 Å². The largest absolute Gasteiger partial charge is 0.342 e. The lowest BCUT2D eigenvalue weighted by Crippen LogP contribution is -2.47. The first kappa shape index (κ1) is 21.7. The third-order valence-corrected chi connectivity index (χ3v) is 6.88. The highest BCUT2D eigenvalue weighted by Crippen LogP contribution is 2.18. The van der Waals surface area contributed by atoms with E-state index in [9.17, 15) is 18.0 Å². The number of carbonyl (C=O) groups is 2. The van der Waals surface area contributed by atoms with Gasteiger partial charge in [0, 0.05) is 31.9 Å². The minimum atomic E-state index is -3.21. The van der Waals surface area contributed by atoms with Crippen molar-refractivity contribution in [3.8, 4) is 0 Å². The van der Waals surface area contributed by atoms with Gasteiger partial charge in [-0.05, 0) is 37.5 Å². The second-order valence-electron chi connectivity index (χ2n) is 6.80. The van der Waals surface area contributed by atoms with Crippen LogP contribution < -0.4 is 5.32 Å². The monoisotopic (exact) mass is 413 g/mol. The molecule has 1 N–H and O–H groups in total. The molecule has 9 heteroatoms. The number of nitrogens with zero attached hydrogens (tertiary/aromatic N) is 2. The summed E-state index contributed by atoms with van der Waals surface area (Å²) in [6.07, 6.45) is 2.46. The Morgan fingerprint density at radius 1 is 1.26 bits per heavy atom. The maximum absolute atomic E-state index is 12.3. The van der Waals surface area contributed by atoms with Crippen LogP contribution in [-0.4, -0.2) is 73.4 Å². The van der Waals surface area contributed by atoms with Gasteiger partial charge in [0.05, 0.1) is 17.8 Å². The predicted octanol–water partition coefficient (Wildman–Crippen LogP) is 1.55. The molecule has 0 saturated carbocycles. The minimum Gasteiger partial charge on any atom is -0.342 e.